The van der Waals surface area contributed by atoms with Gasteiger partial charge in [-0.2, -0.15) is 27.1 Å². The van der Waals surface area contributed by atoms with Crippen LogP contribution >= 0.6 is 11.3 Å². The number of amides is 1. The summed E-state index contributed by atoms with van der Waals surface area (Å²) in [5.74, 6) is -2.72. The third-order valence-electron chi connectivity index (χ3n) is 5.52. The van der Waals surface area contributed by atoms with Crippen LogP contribution in [0.15, 0.2) is 52.4 Å². The molecular formula is C23H22F5N5O4S. The minimum Gasteiger partial charge on any atom is -0.475 e. The predicted octanol–water partition coefficient (Wildman–Crippen LogP) is 3.82. The Bertz CT molecular complexity index is 1420. The molecule has 0 unspecified atom stereocenters. The number of hydrogen-bond donors (Lipinski definition) is 2. The van der Waals surface area contributed by atoms with Crippen molar-refractivity contribution in [2.45, 2.75) is 39.0 Å². The molecule has 9 nitrogen and oxygen atoms in total. The maximum Gasteiger partial charge on any atom is 0.490 e. The van der Waals surface area contributed by atoms with Crippen LogP contribution in [0.1, 0.15) is 22.4 Å². The maximum absolute atomic E-state index is 12.8. The van der Waals surface area contributed by atoms with E-state index in [1.807, 2.05) is 36.6 Å². The SMILES string of the molecule is Cc1cccc2c1N(c1csc(Cn3cnn(CC(CN)=C(F)F)c3=O)c1)C(=O)CC2.O=C(O)C(F)(F)F. The highest BCUT2D eigenvalue weighted by Gasteiger charge is 2.38. The van der Waals surface area contributed by atoms with Crippen LogP contribution in [0.2, 0.25) is 0 Å². The lowest BCUT2D eigenvalue weighted by atomic mass is 9.97. The van der Waals surface area contributed by atoms with Crippen LogP contribution in [-0.2, 0) is 29.1 Å². The number of benzene rings is 1. The first kappa shape index (κ1) is 28.7. The number of carboxylic acids is 1. The molecule has 1 aromatic carbocycles. The molecule has 1 aliphatic rings. The van der Waals surface area contributed by atoms with Gasteiger partial charge in [-0.3, -0.25) is 14.3 Å². The molecule has 0 bridgehead atoms. The predicted molar refractivity (Wildman–Crippen MR) is 129 cm³/mol. The molecule has 0 radical (unpaired) electrons. The molecule has 1 amide bonds. The number of nitrogens with zero attached hydrogens (tertiary/aromatic N) is 4. The second-order valence-electron chi connectivity index (χ2n) is 8.15. The van der Waals surface area contributed by atoms with Crippen molar-refractivity contribution in [3.8, 4) is 0 Å². The Hall–Kier alpha value is -3.85. The lowest BCUT2D eigenvalue weighted by Crippen LogP contribution is -2.31. The number of rotatable bonds is 6. The van der Waals surface area contributed by atoms with E-state index in [2.05, 4.69) is 5.10 Å². The van der Waals surface area contributed by atoms with Gasteiger partial charge in [0.15, 0.2) is 0 Å². The fourth-order valence-corrected chi connectivity index (χ4v) is 4.55. The fraction of sp³-hybridized carbons (Fsp3) is 0.304. The quantitative estimate of drug-likeness (QED) is 0.443. The number of thiophene rings is 1. The Labute approximate surface area is 216 Å². The number of carboxylic acid groups (broad SMARTS) is 1. The zero-order valence-electron chi connectivity index (χ0n) is 19.8. The molecule has 4 rings (SSSR count). The normalized spacial score (nSPS) is 13.0. The van der Waals surface area contributed by atoms with E-state index in [1.54, 1.807) is 4.90 Å². The molecule has 0 spiro atoms. The minimum atomic E-state index is -5.08. The lowest BCUT2D eigenvalue weighted by molar-refractivity contribution is -0.192. The molecule has 38 heavy (non-hydrogen) atoms. The molecule has 3 aromatic rings. The van der Waals surface area contributed by atoms with Crippen molar-refractivity contribution >= 4 is 34.6 Å². The number of anilines is 2. The van der Waals surface area contributed by atoms with Crippen LogP contribution < -0.4 is 16.3 Å². The van der Waals surface area contributed by atoms with Gasteiger partial charge in [-0.15, -0.1) is 11.3 Å². The third-order valence-corrected chi connectivity index (χ3v) is 6.43. The lowest BCUT2D eigenvalue weighted by Gasteiger charge is -2.30. The fourth-order valence-electron chi connectivity index (χ4n) is 3.70. The zero-order valence-corrected chi connectivity index (χ0v) is 20.7. The first-order chi connectivity index (χ1) is 17.8. The van der Waals surface area contributed by atoms with E-state index < -0.39 is 23.9 Å². The van der Waals surface area contributed by atoms with Crippen LogP contribution in [0.5, 0.6) is 0 Å². The van der Waals surface area contributed by atoms with Crippen molar-refractivity contribution in [1.82, 2.24) is 14.3 Å². The molecule has 0 aliphatic carbocycles. The van der Waals surface area contributed by atoms with Crippen molar-refractivity contribution < 1.29 is 36.6 Å². The molecule has 0 atom stereocenters. The average Bonchev–Trinajstić information content (AvgIpc) is 3.44. The first-order valence-corrected chi connectivity index (χ1v) is 11.9. The van der Waals surface area contributed by atoms with Crippen LogP contribution in [0, 0.1) is 6.92 Å². The molecule has 3 heterocycles. The van der Waals surface area contributed by atoms with Gasteiger partial charge in [0.05, 0.1) is 24.5 Å². The molecule has 2 aromatic heterocycles. The number of carbonyl (C=O) groups is 2. The molecule has 0 saturated heterocycles. The van der Waals surface area contributed by atoms with Crippen LogP contribution in [0.25, 0.3) is 0 Å². The minimum absolute atomic E-state index is 0.0329. The summed E-state index contributed by atoms with van der Waals surface area (Å²) in [6.45, 7) is 1.52. The average molecular weight is 560 g/mol. The summed E-state index contributed by atoms with van der Waals surface area (Å²) in [4.78, 5) is 36.7. The Balaban J connectivity index is 0.000000505. The molecule has 0 fully saturated rings. The zero-order chi connectivity index (χ0) is 28.2. The van der Waals surface area contributed by atoms with E-state index in [-0.39, 0.29) is 31.1 Å². The monoisotopic (exact) mass is 559 g/mol. The number of fused-ring (bicyclic) bond motifs is 1. The number of aromatic nitrogens is 3. The van der Waals surface area contributed by atoms with Crippen molar-refractivity contribution in [3.05, 3.63) is 74.1 Å². The van der Waals surface area contributed by atoms with Crippen molar-refractivity contribution in [1.29, 1.82) is 0 Å². The highest BCUT2D eigenvalue weighted by atomic mass is 32.1. The second-order valence-corrected chi connectivity index (χ2v) is 9.15. The van der Waals surface area contributed by atoms with E-state index in [1.165, 1.54) is 22.2 Å². The van der Waals surface area contributed by atoms with E-state index in [0.29, 0.717) is 6.42 Å². The number of aliphatic carboxylic acids is 1. The number of nitrogens with two attached hydrogens (primary N) is 1. The number of aryl methyl sites for hydroxylation is 2. The van der Waals surface area contributed by atoms with Crippen LogP contribution in [0.4, 0.5) is 33.3 Å². The number of alkyl halides is 3. The largest absolute Gasteiger partial charge is 0.490 e. The van der Waals surface area contributed by atoms with Crippen molar-refractivity contribution in [2.24, 2.45) is 5.73 Å². The van der Waals surface area contributed by atoms with Gasteiger partial charge in [0.25, 0.3) is 6.08 Å². The Morgan fingerprint density at radius 2 is 1.89 bits per heavy atom. The second kappa shape index (κ2) is 11.7. The van der Waals surface area contributed by atoms with Crippen molar-refractivity contribution in [3.63, 3.8) is 0 Å². The number of halogens is 5. The van der Waals surface area contributed by atoms with Crippen LogP contribution in [0.3, 0.4) is 0 Å². The summed E-state index contributed by atoms with van der Waals surface area (Å²) in [5, 5.41) is 12.9. The van der Waals surface area contributed by atoms with Crippen molar-refractivity contribution in [2.75, 3.05) is 11.4 Å². The van der Waals surface area contributed by atoms with Gasteiger partial charge in [-0.1, -0.05) is 18.2 Å². The topological polar surface area (TPSA) is 123 Å². The summed E-state index contributed by atoms with van der Waals surface area (Å²) in [6, 6.07) is 7.88. The van der Waals surface area contributed by atoms with Gasteiger partial charge in [-0.05, 0) is 30.5 Å². The maximum atomic E-state index is 12.8. The standard InChI is InChI=1S/C21H21F2N5O2S.C2HF3O2/c1-13-3-2-4-14-5-6-18(29)28(19(13)14)16-7-17(31-11-16)10-26-12-25-27(21(26)30)9-15(8-24)20(22)23;3-2(4,5)1(6)7/h2-4,7,11-12H,5-6,8-10,24H2,1H3;(H,6,7). The van der Waals surface area contributed by atoms with Gasteiger partial charge < -0.3 is 10.8 Å². The number of para-hydroxylation sites is 1. The molecule has 3 N–H and O–H groups in total. The van der Waals surface area contributed by atoms with Gasteiger partial charge >= 0.3 is 17.8 Å². The highest BCUT2D eigenvalue weighted by molar-refractivity contribution is 7.10. The van der Waals surface area contributed by atoms with E-state index in [9.17, 15) is 31.5 Å². The summed E-state index contributed by atoms with van der Waals surface area (Å²) >= 11 is 1.42. The van der Waals surface area contributed by atoms with Gasteiger partial charge in [0.2, 0.25) is 5.91 Å². The number of hydrogen-bond acceptors (Lipinski definition) is 6. The van der Waals surface area contributed by atoms with E-state index >= 15 is 0 Å². The Morgan fingerprint density at radius 3 is 2.50 bits per heavy atom. The molecule has 0 saturated carbocycles. The van der Waals surface area contributed by atoms with Gasteiger partial charge in [0, 0.05) is 28.8 Å². The summed E-state index contributed by atoms with van der Waals surface area (Å²) in [5.41, 5.74) is 8.32. The molecular weight excluding hydrogens is 537 g/mol. The molecule has 1 aliphatic heterocycles. The third kappa shape index (κ3) is 6.52. The van der Waals surface area contributed by atoms with Gasteiger partial charge in [0.1, 0.15) is 6.33 Å². The van der Waals surface area contributed by atoms with E-state index in [0.717, 1.165) is 38.5 Å². The van der Waals surface area contributed by atoms with Gasteiger partial charge in [-0.25, -0.2) is 14.3 Å². The summed E-state index contributed by atoms with van der Waals surface area (Å²) in [6.07, 6.45) is -4.50. The Morgan fingerprint density at radius 1 is 1.21 bits per heavy atom. The van der Waals surface area contributed by atoms with E-state index in [4.69, 9.17) is 15.6 Å². The smallest absolute Gasteiger partial charge is 0.475 e. The number of carbonyl (C=O) groups excluding carboxylic acids is 1. The van der Waals surface area contributed by atoms with Crippen LogP contribution in [-0.4, -0.2) is 44.1 Å². The Kier molecular flexibility index (Phi) is 8.83. The summed E-state index contributed by atoms with van der Waals surface area (Å²) in [7, 11) is 0. The molecule has 204 valence electrons. The first-order valence-electron chi connectivity index (χ1n) is 11.0. The summed E-state index contributed by atoms with van der Waals surface area (Å²) < 4.78 is 59.7. The molecule has 15 heteroatoms. The highest BCUT2D eigenvalue weighted by Crippen LogP contribution is 2.38.